The van der Waals surface area contributed by atoms with Gasteiger partial charge in [-0.15, -0.1) is 0 Å². The smallest absolute Gasteiger partial charge is 0.231 e. The normalized spacial score (nSPS) is 21.4. The fourth-order valence-corrected chi connectivity index (χ4v) is 2.50. The van der Waals surface area contributed by atoms with E-state index in [1.165, 1.54) is 0 Å². The minimum Gasteiger partial charge on any atom is -0.394 e. The quantitative estimate of drug-likeness (QED) is 0.848. The van der Waals surface area contributed by atoms with E-state index in [0.29, 0.717) is 25.0 Å². The molecule has 1 saturated heterocycles. The molecule has 21 heavy (non-hydrogen) atoms. The third-order valence-corrected chi connectivity index (χ3v) is 3.27. The van der Waals surface area contributed by atoms with Gasteiger partial charge in [0.2, 0.25) is 17.2 Å². The average Bonchev–Trinajstić information content (AvgIpc) is 2.42. The first-order valence-corrected chi connectivity index (χ1v) is 7.50. The maximum absolute atomic E-state index is 9.37. The van der Waals surface area contributed by atoms with Crippen LogP contribution < -0.4 is 10.2 Å². The average molecular weight is 316 g/mol. The Morgan fingerprint density at radius 2 is 2.19 bits per heavy atom. The maximum atomic E-state index is 9.37. The van der Waals surface area contributed by atoms with Crippen molar-refractivity contribution in [1.29, 1.82) is 0 Å². The van der Waals surface area contributed by atoms with E-state index in [1.54, 1.807) is 0 Å². The summed E-state index contributed by atoms with van der Waals surface area (Å²) < 4.78 is 5.79. The van der Waals surface area contributed by atoms with Gasteiger partial charge in [0.25, 0.3) is 0 Å². The lowest BCUT2D eigenvalue weighted by molar-refractivity contribution is -0.101. The van der Waals surface area contributed by atoms with Crippen LogP contribution in [0, 0.1) is 0 Å². The van der Waals surface area contributed by atoms with E-state index in [9.17, 15) is 5.11 Å². The lowest BCUT2D eigenvalue weighted by atomic mass is 10.1. The first-order valence-electron chi connectivity index (χ1n) is 7.12. The number of aromatic nitrogens is 3. The third-order valence-electron chi connectivity index (χ3n) is 3.10. The zero-order valence-electron chi connectivity index (χ0n) is 12.6. The molecular weight excluding hydrogens is 294 g/mol. The molecule has 2 heterocycles. The van der Waals surface area contributed by atoms with Crippen LogP contribution in [-0.4, -0.2) is 58.0 Å². The Morgan fingerprint density at radius 1 is 1.43 bits per heavy atom. The van der Waals surface area contributed by atoms with Crippen molar-refractivity contribution in [2.45, 2.75) is 38.9 Å². The number of hydrogen-bond donors (Lipinski definition) is 2. The first-order chi connectivity index (χ1) is 9.93. The molecule has 1 aliphatic rings. The molecular formula is C13H22ClN5O2. The molecule has 0 aromatic carbocycles. The van der Waals surface area contributed by atoms with Gasteiger partial charge in [0.05, 0.1) is 18.3 Å². The summed E-state index contributed by atoms with van der Waals surface area (Å²) in [5.41, 5.74) is -0.387. The third kappa shape index (κ3) is 4.39. The van der Waals surface area contributed by atoms with Gasteiger partial charge in [-0.25, -0.2) is 0 Å². The van der Waals surface area contributed by atoms with E-state index in [1.807, 2.05) is 18.7 Å². The van der Waals surface area contributed by atoms with Crippen molar-refractivity contribution in [3.63, 3.8) is 0 Å². The molecule has 0 saturated carbocycles. The molecule has 1 unspecified atom stereocenters. The Morgan fingerprint density at radius 3 is 2.86 bits per heavy atom. The fraction of sp³-hybridized carbons (Fsp3) is 0.769. The van der Waals surface area contributed by atoms with Gasteiger partial charge in [-0.3, -0.25) is 0 Å². The molecule has 1 fully saturated rings. The highest BCUT2D eigenvalue weighted by molar-refractivity contribution is 6.28. The summed E-state index contributed by atoms with van der Waals surface area (Å²) in [5.74, 6) is 0.972. The Hall–Kier alpha value is -1.18. The number of anilines is 2. The van der Waals surface area contributed by atoms with Crippen molar-refractivity contribution in [2.75, 3.05) is 36.5 Å². The molecule has 8 heteroatoms. The summed E-state index contributed by atoms with van der Waals surface area (Å²) >= 11 is 5.98. The summed E-state index contributed by atoms with van der Waals surface area (Å²) in [6.45, 7) is 7.88. The predicted octanol–water partition coefficient (Wildman–Crippen LogP) is 1.32. The van der Waals surface area contributed by atoms with E-state index < -0.39 is 0 Å². The largest absolute Gasteiger partial charge is 0.394 e. The van der Waals surface area contributed by atoms with E-state index in [0.717, 1.165) is 13.0 Å². The summed E-state index contributed by atoms with van der Waals surface area (Å²) in [6.07, 6.45) is 0.701. The minimum atomic E-state index is -0.387. The van der Waals surface area contributed by atoms with Crippen LogP contribution in [0.5, 0.6) is 0 Å². The van der Waals surface area contributed by atoms with E-state index in [4.69, 9.17) is 16.3 Å². The number of rotatable bonds is 5. The van der Waals surface area contributed by atoms with Gasteiger partial charge in [-0.2, -0.15) is 15.0 Å². The van der Waals surface area contributed by atoms with Gasteiger partial charge in [-0.1, -0.05) is 6.92 Å². The molecule has 1 aromatic rings. The molecule has 1 aromatic heterocycles. The highest BCUT2D eigenvalue weighted by Crippen LogP contribution is 2.24. The molecule has 118 valence electrons. The highest BCUT2D eigenvalue weighted by atomic mass is 35.5. The van der Waals surface area contributed by atoms with Crippen molar-refractivity contribution < 1.29 is 9.84 Å². The molecule has 0 bridgehead atoms. The van der Waals surface area contributed by atoms with Crippen LogP contribution in [0.4, 0.5) is 11.9 Å². The first kappa shape index (κ1) is 16.2. The van der Waals surface area contributed by atoms with Crippen molar-refractivity contribution in [2.24, 2.45) is 0 Å². The molecule has 2 N–H and O–H groups in total. The number of aliphatic hydroxyl groups is 1. The van der Waals surface area contributed by atoms with Crippen LogP contribution in [0.25, 0.3) is 0 Å². The molecule has 0 radical (unpaired) electrons. The summed E-state index contributed by atoms with van der Waals surface area (Å²) in [6, 6.07) is 0. The molecule has 7 nitrogen and oxygen atoms in total. The maximum Gasteiger partial charge on any atom is 0.231 e. The SMILES string of the molecule is CCCNc1nc(Cl)nc(N2CC(CO)OC(C)(C)C2)n1. The Balaban J connectivity index is 2.21. The molecule has 1 atom stereocenters. The second-order valence-corrected chi connectivity index (χ2v) is 6.06. The second-order valence-electron chi connectivity index (χ2n) is 5.72. The van der Waals surface area contributed by atoms with Crippen LogP contribution >= 0.6 is 11.6 Å². The Kier molecular flexibility index (Phi) is 5.18. The number of aliphatic hydroxyl groups excluding tert-OH is 1. The van der Waals surface area contributed by atoms with Gasteiger partial charge in [0, 0.05) is 19.6 Å². The van der Waals surface area contributed by atoms with Gasteiger partial charge in [-0.05, 0) is 31.9 Å². The summed E-state index contributed by atoms with van der Waals surface area (Å²) in [7, 11) is 0. The van der Waals surface area contributed by atoms with E-state index in [2.05, 4.69) is 27.2 Å². The van der Waals surface area contributed by atoms with Gasteiger partial charge in [0.1, 0.15) is 0 Å². The van der Waals surface area contributed by atoms with Crippen LogP contribution in [0.3, 0.4) is 0 Å². The molecule has 0 amide bonds. The van der Waals surface area contributed by atoms with Gasteiger partial charge < -0.3 is 20.1 Å². The van der Waals surface area contributed by atoms with Crippen LogP contribution in [0.1, 0.15) is 27.2 Å². The number of nitrogens with one attached hydrogen (secondary N) is 1. The second kappa shape index (κ2) is 6.72. The van der Waals surface area contributed by atoms with E-state index >= 15 is 0 Å². The van der Waals surface area contributed by atoms with Gasteiger partial charge >= 0.3 is 0 Å². The zero-order valence-corrected chi connectivity index (χ0v) is 13.4. The minimum absolute atomic E-state index is 0.0420. The van der Waals surface area contributed by atoms with Crippen molar-refractivity contribution in [3.05, 3.63) is 5.28 Å². The lowest BCUT2D eigenvalue weighted by Gasteiger charge is -2.42. The number of hydrogen-bond acceptors (Lipinski definition) is 7. The van der Waals surface area contributed by atoms with Crippen molar-refractivity contribution in [3.8, 4) is 0 Å². The van der Waals surface area contributed by atoms with Crippen molar-refractivity contribution >= 4 is 23.5 Å². The number of halogens is 1. The highest BCUT2D eigenvalue weighted by Gasteiger charge is 2.34. The zero-order chi connectivity index (χ0) is 15.5. The van der Waals surface area contributed by atoms with E-state index in [-0.39, 0.29) is 23.6 Å². The molecule has 1 aliphatic heterocycles. The monoisotopic (exact) mass is 315 g/mol. The number of nitrogens with zero attached hydrogens (tertiary/aromatic N) is 4. The Labute approximate surface area is 129 Å². The fourth-order valence-electron chi connectivity index (χ4n) is 2.34. The topological polar surface area (TPSA) is 83.4 Å². The van der Waals surface area contributed by atoms with Crippen molar-refractivity contribution in [1.82, 2.24) is 15.0 Å². The number of morpholine rings is 1. The standard InChI is InChI=1S/C13H22ClN5O2/c1-4-5-15-11-16-10(14)17-12(18-11)19-6-9(7-20)21-13(2,3)8-19/h9,20H,4-8H2,1-3H3,(H,15,16,17,18). The van der Waals surface area contributed by atoms with Crippen LogP contribution in [-0.2, 0) is 4.74 Å². The van der Waals surface area contributed by atoms with Gasteiger partial charge in [0.15, 0.2) is 0 Å². The summed E-state index contributed by atoms with van der Waals surface area (Å²) in [4.78, 5) is 14.6. The van der Waals surface area contributed by atoms with Crippen LogP contribution in [0.15, 0.2) is 0 Å². The number of ether oxygens (including phenoxy) is 1. The molecule has 0 spiro atoms. The van der Waals surface area contributed by atoms with Crippen LogP contribution in [0.2, 0.25) is 5.28 Å². The predicted molar refractivity (Wildman–Crippen MR) is 81.9 cm³/mol. The molecule has 0 aliphatic carbocycles. The lowest BCUT2D eigenvalue weighted by Crippen LogP contribution is -2.54. The summed E-state index contributed by atoms with van der Waals surface area (Å²) in [5, 5.41) is 12.6. The molecule has 2 rings (SSSR count). The Bertz CT molecular complexity index is 486.